The van der Waals surface area contributed by atoms with E-state index in [0.29, 0.717) is 6.61 Å². The summed E-state index contributed by atoms with van der Waals surface area (Å²) in [6, 6.07) is 0. The van der Waals surface area contributed by atoms with Crippen LogP contribution in [0.15, 0.2) is 36.5 Å². The van der Waals surface area contributed by atoms with E-state index in [4.69, 9.17) is 24.3 Å². The first-order chi connectivity index (χ1) is 21.9. The van der Waals surface area contributed by atoms with Crippen LogP contribution in [0.3, 0.4) is 0 Å². The maximum Gasteiger partial charge on any atom is 0.472 e. The van der Waals surface area contributed by atoms with E-state index in [1.165, 1.54) is 103 Å². The summed E-state index contributed by atoms with van der Waals surface area (Å²) in [6.07, 6.45) is 38.3. The van der Waals surface area contributed by atoms with Gasteiger partial charge in [-0.05, 0) is 44.9 Å². The molecule has 2 unspecified atom stereocenters. The van der Waals surface area contributed by atoms with Crippen molar-refractivity contribution in [3.63, 3.8) is 0 Å². The van der Waals surface area contributed by atoms with Crippen LogP contribution in [0.25, 0.3) is 0 Å². The number of allylic oxidation sites excluding steroid dienone is 6. The number of carbonyl (C=O) groups excluding carboxylic acids is 1. The smallest absolute Gasteiger partial charge is 0.457 e. The lowest BCUT2D eigenvalue weighted by atomic mass is 10.1. The number of ether oxygens (including phenoxy) is 2. The molecule has 0 aromatic carbocycles. The lowest BCUT2D eigenvalue weighted by Gasteiger charge is -2.19. The summed E-state index contributed by atoms with van der Waals surface area (Å²) in [5, 5.41) is 0. The summed E-state index contributed by atoms with van der Waals surface area (Å²) >= 11 is 0. The summed E-state index contributed by atoms with van der Waals surface area (Å²) in [6.45, 7) is 4.31. The summed E-state index contributed by atoms with van der Waals surface area (Å²) in [4.78, 5) is 21.3. The molecule has 0 fully saturated rings. The summed E-state index contributed by atoms with van der Waals surface area (Å²) in [5.74, 6) is -0.420. The second kappa shape index (κ2) is 34.1. The number of nitrogens with two attached hydrogens (primary N) is 1. The van der Waals surface area contributed by atoms with Crippen LogP contribution in [0.4, 0.5) is 0 Å². The Morgan fingerprint density at radius 3 is 1.67 bits per heavy atom. The number of esters is 1. The fraction of sp³-hybridized carbons (Fsp3) is 0.806. The maximum absolute atomic E-state index is 11.8. The molecule has 0 aromatic rings. The van der Waals surface area contributed by atoms with Crippen LogP contribution in [-0.4, -0.2) is 49.9 Å². The highest BCUT2D eigenvalue weighted by atomic mass is 31.2. The third-order valence-corrected chi connectivity index (χ3v) is 8.35. The fourth-order valence-electron chi connectivity index (χ4n) is 4.68. The Hall–Kier alpha value is -1.28. The molecule has 0 amide bonds. The van der Waals surface area contributed by atoms with Crippen molar-refractivity contribution in [1.82, 2.24) is 0 Å². The summed E-state index contributed by atoms with van der Waals surface area (Å²) in [7, 11) is -4.23. The van der Waals surface area contributed by atoms with Gasteiger partial charge in [0.1, 0.15) is 6.10 Å². The van der Waals surface area contributed by atoms with Crippen LogP contribution >= 0.6 is 7.82 Å². The average Bonchev–Trinajstić information content (AvgIpc) is 3.03. The van der Waals surface area contributed by atoms with Gasteiger partial charge in [0.15, 0.2) is 0 Å². The van der Waals surface area contributed by atoms with Gasteiger partial charge in [-0.2, -0.15) is 0 Å². The van der Waals surface area contributed by atoms with Gasteiger partial charge < -0.3 is 20.1 Å². The third-order valence-electron chi connectivity index (χ3n) is 7.36. The molecule has 0 rings (SSSR count). The van der Waals surface area contributed by atoms with Crippen LogP contribution < -0.4 is 5.73 Å². The summed E-state index contributed by atoms with van der Waals surface area (Å²) < 4.78 is 32.3. The molecule has 0 aromatic heterocycles. The molecule has 2 atom stereocenters. The third kappa shape index (κ3) is 33.9. The van der Waals surface area contributed by atoms with E-state index >= 15 is 0 Å². The number of hydrogen-bond donors (Lipinski definition) is 2. The van der Waals surface area contributed by atoms with Gasteiger partial charge in [-0.3, -0.25) is 13.8 Å². The molecule has 0 saturated heterocycles. The van der Waals surface area contributed by atoms with Gasteiger partial charge in [-0.15, -0.1) is 0 Å². The van der Waals surface area contributed by atoms with Gasteiger partial charge in [0.25, 0.3) is 0 Å². The highest BCUT2D eigenvalue weighted by Gasteiger charge is 2.24. The molecule has 0 radical (unpaired) electrons. The molecule has 264 valence electrons. The second-order valence-corrected chi connectivity index (χ2v) is 13.1. The van der Waals surface area contributed by atoms with Crippen molar-refractivity contribution in [3.05, 3.63) is 36.5 Å². The normalized spacial score (nSPS) is 14.1. The molecule has 0 saturated carbocycles. The molecule has 8 nitrogen and oxygen atoms in total. The van der Waals surface area contributed by atoms with Crippen molar-refractivity contribution < 1.29 is 32.8 Å². The van der Waals surface area contributed by atoms with Gasteiger partial charge in [0.05, 0.1) is 19.8 Å². The topological polar surface area (TPSA) is 117 Å². The first-order valence-corrected chi connectivity index (χ1v) is 19.5. The lowest BCUT2D eigenvalue weighted by Crippen LogP contribution is -2.28. The van der Waals surface area contributed by atoms with Crippen LogP contribution in [0.5, 0.6) is 0 Å². The number of unbranched alkanes of at least 4 members (excludes halogenated alkanes) is 16. The predicted molar refractivity (Wildman–Crippen MR) is 187 cm³/mol. The van der Waals surface area contributed by atoms with E-state index in [9.17, 15) is 14.3 Å². The minimum atomic E-state index is -4.23. The zero-order valence-corrected chi connectivity index (χ0v) is 29.7. The minimum absolute atomic E-state index is 0.0977. The van der Waals surface area contributed by atoms with E-state index in [2.05, 4.69) is 43.4 Å². The molecular formula is C36H68NO7P. The van der Waals surface area contributed by atoms with Crippen LogP contribution in [0.2, 0.25) is 0 Å². The Morgan fingerprint density at radius 1 is 0.667 bits per heavy atom. The first kappa shape index (κ1) is 43.7. The number of carbonyl (C=O) groups is 1. The molecule has 0 heterocycles. The highest BCUT2D eigenvalue weighted by molar-refractivity contribution is 7.47. The molecule has 0 aliphatic heterocycles. The van der Waals surface area contributed by atoms with Crippen molar-refractivity contribution in [2.45, 2.75) is 155 Å². The zero-order valence-electron chi connectivity index (χ0n) is 28.8. The molecule has 0 bridgehead atoms. The molecule has 0 aliphatic rings. The average molecular weight is 658 g/mol. The Kier molecular flexibility index (Phi) is 33.1. The van der Waals surface area contributed by atoms with Crippen LogP contribution in [-0.2, 0) is 27.9 Å². The van der Waals surface area contributed by atoms with Gasteiger partial charge in [0.2, 0.25) is 0 Å². The van der Waals surface area contributed by atoms with Crippen molar-refractivity contribution in [2.75, 3.05) is 33.0 Å². The van der Waals surface area contributed by atoms with E-state index in [1.54, 1.807) is 6.92 Å². The first-order valence-electron chi connectivity index (χ1n) is 18.0. The molecular weight excluding hydrogens is 589 g/mol. The molecule has 0 aliphatic carbocycles. The highest BCUT2D eigenvalue weighted by Crippen LogP contribution is 2.43. The Bertz CT molecular complexity index is 787. The van der Waals surface area contributed by atoms with Crippen molar-refractivity contribution in [3.8, 4) is 0 Å². The van der Waals surface area contributed by atoms with E-state index in [-0.39, 0.29) is 32.8 Å². The Morgan fingerprint density at radius 2 is 1.16 bits per heavy atom. The lowest BCUT2D eigenvalue weighted by molar-refractivity contribution is -0.154. The van der Waals surface area contributed by atoms with Gasteiger partial charge in [-0.25, -0.2) is 4.57 Å². The predicted octanol–water partition coefficient (Wildman–Crippen LogP) is 9.91. The SMILES string of the molecule is CCCCCCC/C=C\C/C=C\C/C=C\CCCCCCCCCCCCCOCC(COP(=O)(O)OCCN)OC(=O)CC. The minimum Gasteiger partial charge on any atom is -0.457 e. The molecule has 0 spiro atoms. The quantitative estimate of drug-likeness (QED) is 0.0304. The number of phosphoric ester groups is 1. The van der Waals surface area contributed by atoms with Gasteiger partial charge in [-0.1, -0.05) is 134 Å². The maximum atomic E-state index is 11.8. The van der Waals surface area contributed by atoms with Crippen molar-refractivity contribution >= 4 is 13.8 Å². The van der Waals surface area contributed by atoms with Gasteiger partial charge >= 0.3 is 13.8 Å². The summed E-state index contributed by atoms with van der Waals surface area (Å²) in [5.41, 5.74) is 5.27. The molecule has 3 N–H and O–H groups in total. The molecule has 45 heavy (non-hydrogen) atoms. The standard InChI is InChI=1S/C36H68NO7P/c1-3-5-6-7-8-9-10-11-12-13-14-15-16-17-18-19-20-21-22-23-24-25-26-27-28-29-31-41-33-35(44-36(38)4-2)34-43-45(39,40)42-32-30-37/h10-11,13-14,16-17,35H,3-9,12,15,18-34,37H2,1-2H3,(H,39,40)/b11-10-,14-13-,17-16-. The van der Waals surface area contributed by atoms with Crippen LogP contribution in [0.1, 0.15) is 149 Å². The number of rotatable bonds is 34. The largest absolute Gasteiger partial charge is 0.472 e. The number of hydrogen-bond acceptors (Lipinski definition) is 7. The monoisotopic (exact) mass is 657 g/mol. The van der Waals surface area contributed by atoms with E-state index < -0.39 is 19.9 Å². The second-order valence-electron chi connectivity index (χ2n) is 11.7. The van der Waals surface area contributed by atoms with Crippen molar-refractivity contribution in [2.24, 2.45) is 5.73 Å². The number of phosphoric acid groups is 1. The van der Waals surface area contributed by atoms with Crippen LogP contribution in [0, 0.1) is 0 Å². The Labute approximate surface area is 276 Å². The van der Waals surface area contributed by atoms with Crippen molar-refractivity contribution in [1.29, 1.82) is 0 Å². The Balaban J connectivity index is 3.58. The molecule has 9 heteroatoms. The van der Waals surface area contributed by atoms with E-state index in [0.717, 1.165) is 25.7 Å². The zero-order chi connectivity index (χ0) is 33.1. The fourth-order valence-corrected chi connectivity index (χ4v) is 5.45. The van der Waals surface area contributed by atoms with E-state index in [1.807, 2.05) is 0 Å². The van der Waals surface area contributed by atoms with Gasteiger partial charge in [0, 0.05) is 19.6 Å².